The van der Waals surface area contributed by atoms with Crippen molar-refractivity contribution in [3.8, 4) is 11.3 Å². The lowest BCUT2D eigenvalue weighted by atomic mass is 9.99. The number of halogens is 8. The summed E-state index contributed by atoms with van der Waals surface area (Å²) in [5.74, 6) is -11.7. The van der Waals surface area contributed by atoms with Gasteiger partial charge in [-0.1, -0.05) is 36.4 Å². The Morgan fingerprint density at radius 3 is 2.12 bits per heavy atom. The summed E-state index contributed by atoms with van der Waals surface area (Å²) in [4.78, 5) is 5.10. The van der Waals surface area contributed by atoms with Crippen LogP contribution < -0.4 is 4.80 Å². The molecule has 0 fully saturated rings. The second-order valence-electron chi connectivity index (χ2n) is 7.33. The average Bonchev–Trinajstić information content (AvgIpc) is 3.13. The van der Waals surface area contributed by atoms with Crippen LogP contribution in [0.15, 0.2) is 52.8 Å². The van der Waals surface area contributed by atoms with Gasteiger partial charge in [0.15, 0.2) is 4.80 Å². The first-order valence-electron chi connectivity index (χ1n) is 9.64. The third kappa shape index (κ3) is 5.08. The van der Waals surface area contributed by atoms with E-state index in [0.717, 1.165) is 23.3 Å². The SMILES string of the molecule is Br.Cc1cccc(N=c2scc(-c3ccc(C(F)(F)C(F)(F)C(F)(F)F)cc3)n2CCO)c1C. The van der Waals surface area contributed by atoms with E-state index in [1.807, 2.05) is 32.0 Å². The van der Waals surface area contributed by atoms with Crippen LogP contribution in [0, 0.1) is 13.8 Å². The lowest BCUT2D eigenvalue weighted by molar-refractivity contribution is -0.359. The zero-order valence-electron chi connectivity index (χ0n) is 17.8. The van der Waals surface area contributed by atoms with E-state index < -0.39 is 23.6 Å². The molecule has 0 saturated carbocycles. The van der Waals surface area contributed by atoms with Gasteiger partial charge in [0.1, 0.15) is 0 Å². The van der Waals surface area contributed by atoms with Crippen molar-refractivity contribution in [1.82, 2.24) is 4.57 Å². The molecule has 3 nitrogen and oxygen atoms in total. The van der Waals surface area contributed by atoms with E-state index in [1.165, 1.54) is 11.3 Å². The molecular formula is C22H20BrF7N2OS. The molecule has 3 rings (SSSR count). The van der Waals surface area contributed by atoms with Crippen molar-refractivity contribution in [1.29, 1.82) is 0 Å². The fourth-order valence-corrected chi connectivity index (χ4v) is 4.08. The number of rotatable bonds is 6. The predicted molar refractivity (Wildman–Crippen MR) is 121 cm³/mol. The number of aromatic nitrogens is 1. The Morgan fingerprint density at radius 1 is 0.941 bits per heavy atom. The fraction of sp³-hybridized carbons (Fsp3) is 0.318. The van der Waals surface area contributed by atoms with E-state index in [0.29, 0.717) is 28.3 Å². The standard InChI is InChI=1S/C22H19F7N2OS.BrH/c1-13-4-3-5-17(14(13)2)30-19-31(10-11-32)18(12-33-19)15-6-8-16(9-7-15)20(23,24)21(25,26)22(27,28)29;/h3-9,12,32H,10-11H2,1-2H3;1H. The number of aliphatic hydroxyl groups is 1. The molecule has 0 radical (unpaired) electrons. The molecule has 0 saturated heterocycles. The minimum Gasteiger partial charge on any atom is -0.395 e. The summed E-state index contributed by atoms with van der Waals surface area (Å²) >= 11 is 1.21. The quantitative estimate of drug-likeness (QED) is 0.320. The van der Waals surface area contributed by atoms with Crippen molar-refractivity contribution in [2.75, 3.05) is 6.61 Å². The maximum atomic E-state index is 14.0. The zero-order chi connectivity index (χ0) is 24.6. The largest absolute Gasteiger partial charge is 0.460 e. The van der Waals surface area contributed by atoms with E-state index >= 15 is 0 Å². The van der Waals surface area contributed by atoms with Crippen LogP contribution in [0.25, 0.3) is 11.3 Å². The second-order valence-corrected chi connectivity index (χ2v) is 8.17. The molecular weight excluding hydrogens is 553 g/mol. The van der Waals surface area contributed by atoms with E-state index in [9.17, 15) is 35.8 Å². The third-order valence-corrected chi connectivity index (χ3v) is 6.07. The van der Waals surface area contributed by atoms with Gasteiger partial charge in [-0.15, -0.1) is 28.3 Å². The first-order chi connectivity index (χ1) is 15.3. The van der Waals surface area contributed by atoms with Crippen LogP contribution in [0.1, 0.15) is 16.7 Å². The Labute approximate surface area is 205 Å². The molecule has 186 valence electrons. The van der Waals surface area contributed by atoms with Gasteiger partial charge in [-0.2, -0.15) is 30.7 Å². The minimum absolute atomic E-state index is 0. The number of aryl methyl sites for hydroxylation is 1. The molecule has 0 bridgehead atoms. The topological polar surface area (TPSA) is 37.5 Å². The Hall–Kier alpha value is -2.18. The molecule has 0 amide bonds. The molecule has 0 aliphatic heterocycles. The van der Waals surface area contributed by atoms with Crippen LogP contribution in [0.3, 0.4) is 0 Å². The molecule has 0 unspecified atom stereocenters. The van der Waals surface area contributed by atoms with Crippen molar-refractivity contribution >= 4 is 34.0 Å². The maximum absolute atomic E-state index is 14.0. The Bertz CT molecular complexity index is 1200. The van der Waals surface area contributed by atoms with Crippen LogP contribution in [-0.4, -0.2) is 28.4 Å². The Kier molecular flexibility index (Phi) is 8.42. The average molecular weight is 573 g/mol. The number of alkyl halides is 7. The van der Waals surface area contributed by atoms with Gasteiger partial charge in [0.2, 0.25) is 0 Å². The highest BCUT2D eigenvalue weighted by Crippen LogP contribution is 2.51. The third-order valence-electron chi connectivity index (χ3n) is 5.21. The van der Waals surface area contributed by atoms with Crippen LogP contribution in [-0.2, 0) is 12.5 Å². The molecule has 34 heavy (non-hydrogen) atoms. The summed E-state index contributed by atoms with van der Waals surface area (Å²) in [6, 6.07) is 8.72. The van der Waals surface area contributed by atoms with E-state index in [-0.39, 0.29) is 35.7 Å². The first kappa shape index (κ1) is 28.1. The van der Waals surface area contributed by atoms with Crippen molar-refractivity contribution in [3.05, 3.63) is 69.3 Å². The minimum atomic E-state index is -6.41. The highest BCUT2D eigenvalue weighted by molar-refractivity contribution is 8.93. The molecule has 2 aromatic carbocycles. The van der Waals surface area contributed by atoms with Gasteiger partial charge in [-0.25, -0.2) is 4.99 Å². The lowest BCUT2D eigenvalue weighted by Crippen LogP contribution is -2.49. The normalized spacial score (nSPS) is 13.2. The van der Waals surface area contributed by atoms with Gasteiger partial charge in [0.05, 0.1) is 18.0 Å². The molecule has 0 spiro atoms. The van der Waals surface area contributed by atoms with E-state index in [2.05, 4.69) is 4.99 Å². The molecule has 3 aromatic rings. The van der Waals surface area contributed by atoms with Crippen molar-refractivity contribution in [2.45, 2.75) is 38.4 Å². The monoisotopic (exact) mass is 572 g/mol. The van der Waals surface area contributed by atoms with Gasteiger partial charge in [-0.05, 0) is 36.6 Å². The number of nitrogens with zero attached hydrogens (tertiary/aromatic N) is 2. The summed E-state index contributed by atoms with van der Waals surface area (Å²) in [7, 11) is 0. The van der Waals surface area contributed by atoms with Crippen LogP contribution in [0.4, 0.5) is 36.4 Å². The molecule has 0 aliphatic carbocycles. The number of hydrogen-bond donors (Lipinski definition) is 1. The summed E-state index contributed by atoms with van der Waals surface area (Å²) in [5, 5.41) is 11.1. The van der Waals surface area contributed by atoms with E-state index in [1.54, 1.807) is 9.95 Å². The van der Waals surface area contributed by atoms with Crippen LogP contribution in [0.2, 0.25) is 0 Å². The number of thiazole rings is 1. The highest BCUT2D eigenvalue weighted by atomic mass is 79.9. The molecule has 12 heteroatoms. The fourth-order valence-electron chi connectivity index (χ4n) is 3.13. The van der Waals surface area contributed by atoms with E-state index in [4.69, 9.17) is 0 Å². The van der Waals surface area contributed by atoms with Gasteiger partial charge < -0.3 is 9.67 Å². The highest BCUT2D eigenvalue weighted by Gasteiger charge is 2.73. The number of aliphatic hydroxyl groups excluding tert-OH is 1. The van der Waals surface area contributed by atoms with Gasteiger partial charge in [0.25, 0.3) is 0 Å². The van der Waals surface area contributed by atoms with Crippen LogP contribution >= 0.6 is 28.3 Å². The number of benzene rings is 2. The van der Waals surface area contributed by atoms with Gasteiger partial charge in [0, 0.05) is 17.5 Å². The Morgan fingerprint density at radius 2 is 1.56 bits per heavy atom. The lowest BCUT2D eigenvalue weighted by Gasteiger charge is -2.28. The molecule has 0 aliphatic rings. The Balaban J connectivity index is 0.00000408. The summed E-state index contributed by atoms with van der Waals surface area (Å²) in [5.41, 5.74) is 1.93. The second kappa shape index (κ2) is 10.2. The zero-order valence-corrected chi connectivity index (χ0v) is 20.4. The first-order valence-corrected chi connectivity index (χ1v) is 10.5. The smallest absolute Gasteiger partial charge is 0.395 e. The van der Waals surface area contributed by atoms with Crippen molar-refractivity contribution in [2.24, 2.45) is 4.99 Å². The van der Waals surface area contributed by atoms with Gasteiger partial charge >= 0.3 is 18.0 Å². The molecule has 1 N–H and O–H groups in total. The number of hydrogen-bond acceptors (Lipinski definition) is 3. The van der Waals surface area contributed by atoms with Crippen LogP contribution in [0.5, 0.6) is 0 Å². The molecule has 0 atom stereocenters. The summed E-state index contributed by atoms with van der Waals surface area (Å²) in [6.07, 6.45) is -6.41. The molecule has 1 heterocycles. The molecule has 1 aromatic heterocycles. The summed E-state index contributed by atoms with van der Waals surface area (Å²) in [6.45, 7) is 3.66. The van der Waals surface area contributed by atoms with Crippen molar-refractivity contribution in [3.63, 3.8) is 0 Å². The van der Waals surface area contributed by atoms with Crippen molar-refractivity contribution < 1.29 is 35.8 Å². The maximum Gasteiger partial charge on any atom is 0.460 e. The van der Waals surface area contributed by atoms with Gasteiger partial charge in [-0.3, -0.25) is 0 Å². The predicted octanol–water partition coefficient (Wildman–Crippen LogP) is 6.93. The summed E-state index contributed by atoms with van der Waals surface area (Å²) < 4.78 is 93.6.